The molecule has 0 spiro atoms. The lowest BCUT2D eigenvalue weighted by atomic mass is 10.1. The zero-order chi connectivity index (χ0) is 29.7. The van der Waals surface area contributed by atoms with E-state index in [0.717, 1.165) is 28.5 Å². The van der Waals surface area contributed by atoms with Gasteiger partial charge in [-0.25, -0.2) is 4.79 Å². The molecule has 0 heterocycles. The summed E-state index contributed by atoms with van der Waals surface area (Å²) < 4.78 is 61.7. The maximum Gasteiger partial charge on any atom is 0.416 e. The highest BCUT2D eigenvalue weighted by Gasteiger charge is 2.31. The molecule has 0 aliphatic heterocycles. The normalized spacial score (nSPS) is 12.0. The van der Waals surface area contributed by atoms with Crippen LogP contribution in [0, 0.1) is 0 Å². The molecule has 0 bridgehead atoms. The summed E-state index contributed by atoms with van der Waals surface area (Å²) in [6, 6.07) is 30.0. The molecule has 5 rings (SSSR count). The van der Waals surface area contributed by atoms with Crippen LogP contribution < -0.4 is 14.2 Å². The van der Waals surface area contributed by atoms with E-state index in [0.29, 0.717) is 23.0 Å². The van der Waals surface area contributed by atoms with Crippen molar-refractivity contribution in [2.75, 3.05) is 0 Å². The van der Waals surface area contributed by atoms with Crippen molar-refractivity contribution in [2.45, 2.75) is 25.8 Å². The lowest BCUT2D eigenvalue weighted by Gasteiger charge is -2.15. The van der Waals surface area contributed by atoms with Crippen LogP contribution in [0.2, 0.25) is 5.02 Å². The highest BCUT2D eigenvalue weighted by atomic mass is 35.5. The van der Waals surface area contributed by atoms with Crippen LogP contribution in [0.4, 0.5) is 13.2 Å². The van der Waals surface area contributed by atoms with Gasteiger partial charge < -0.3 is 18.9 Å². The Kier molecular flexibility index (Phi) is 8.54. The van der Waals surface area contributed by atoms with Gasteiger partial charge in [-0.1, -0.05) is 54.1 Å². The maximum atomic E-state index is 12.9. The molecule has 5 aromatic rings. The second-order valence-electron chi connectivity index (χ2n) is 9.35. The summed E-state index contributed by atoms with van der Waals surface area (Å²) in [5.74, 6) is 1.66. The second-order valence-corrected chi connectivity index (χ2v) is 9.75. The fourth-order valence-electron chi connectivity index (χ4n) is 4.07. The summed E-state index contributed by atoms with van der Waals surface area (Å²) in [4.78, 5) is 12.7. The number of rotatable bonds is 9. The Bertz CT molecular complexity index is 1710. The van der Waals surface area contributed by atoms with Gasteiger partial charge in [0.2, 0.25) is 0 Å². The number of hydrogen-bond donors (Lipinski definition) is 0. The number of ether oxygens (including phenoxy) is 4. The summed E-state index contributed by atoms with van der Waals surface area (Å²) in [7, 11) is 0. The Morgan fingerprint density at radius 3 is 2.17 bits per heavy atom. The second kappa shape index (κ2) is 12.4. The van der Waals surface area contributed by atoms with E-state index in [1.54, 1.807) is 43.3 Å². The third-order valence-corrected chi connectivity index (χ3v) is 6.47. The fraction of sp³-hybridized carbons (Fsp3) is 0.121. The number of esters is 1. The molecule has 0 aromatic heterocycles. The van der Waals surface area contributed by atoms with Crippen LogP contribution in [-0.4, -0.2) is 12.1 Å². The molecule has 42 heavy (non-hydrogen) atoms. The van der Waals surface area contributed by atoms with Gasteiger partial charge in [0.1, 0.15) is 35.4 Å². The number of alkyl halides is 3. The van der Waals surface area contributed by atoms with E-state index < -0.39 is 23.8 Å². The Hall–Kier alpha value is -4.69. The van der Waals surface area contributed by atoms with Crippen LogP contribution in [0.25, 0.3) is 10.8 Å². The van der Waals surface area contributed by atoms with Gasteiger partial charge in [-0.3, -0.25) is 0 Å². The summed E-state index contributed by atoms with van der Waals surface area (Å²) >= 11 is 6.03. The number of carbonyl (C=O) groups excluding carboxylic acids is 1. The highest BCUT2D eigenvalue weighted by Crippen LogP contribution is 2.37. The molecular formula is C33H24ClF3O5. The molecule has 0 saturated heterocycles. The standard InChI is InChI=1S/C33H24ClF3O5/c1-21(32(38)39-20-22-6-5-9-27(16-22)41-26-7-3-2-4-8-26)40-28-13-10-23-11-14-29(18-24(23)17-28)42-31-15-12-25(19-30(31)34)33(35,36)37/h2-19,21H,20H2,1H3. The average molecular weight is 593 g/mol. The first-order chi connectivity index (χ1) is 20.1. The first-order valence-electron chi connectivity index (χ1n) is 12.9. The molecule has 0 aliphatic rings. The smallest absolute Gasteiger partial charge is 0.416 e. The van der Waals surface area contributed by atoms with E-state index in [9.17, 15) is 18.0 Å². The van der Waals surface area contributed by atoms with Crippen LogP contribution in [0.3, 0.4) is 0 Å². The zero-order valence-corrected chi connectivity index (χ0v) is 23.0. The van der Waals surface area contributed by atoms with Gasteiger partial charge in [-0.05, 0) is 90.0 Å². The third kappa shape index (κ3) is 7.33. The van der Waals surface area contributed by atoms with Crippen molar-refractivity contribution >= 4 is 28.3 Å². The fourth-order valence-corrected chi connectivity index (χ4v) is 4.29. The van der Waals surface area contributed by atoms with E-state index >= 15 is 0 Å². The molecule has 0 radical (unpaired) electrons. The molecule has 1 unspecified atom stereocenters. The lowest BCUT2D eigenvalue weighted by molar-refractivity contribution is -0.152. The van der Waals surface area contributed by atoms with E-state index in [1.807, 2.05) is 54.6 Å². The van der Waals surface area contributed by atoms with Crippen molar-refractivity contribution in [1.29, 1.82) is 0 Å². The number of para-hydroxylation sites is 1. The number of hydrogen-bond acceptors (Lipinski definition) is 5. The zero-order valence-electron chi connectivity index (χ0n) is 22.2. The average Bonchev–Trinajstić information content (AvgIpc) is 2.97. The van der Waals surface area contributed by atoms with Gasteiger partial charge in [-0.15, -0.1) is 0 Å². The Labute approximate surface area is 245 Å². The third-order valence-electron chi connectivity index (χ3n) is 6.17. The van der Waals surface area contributed by atoms with Crippen molar-refractivity contribution in [1.82, 2.24) is 0 Å². The molecule has 214 valence electrons. The molecule has 9 heteroatoms. The van der Waals surface area contributed by atoms with Crippen LogP contribution in [0.15, 0.2) is 109 Å². The molecule has 5 aromatic carbocycles. The van der Waals surface area contributed by atoms with E-state index in [-0.39, 0.29) is 17.4 Å². The number of carbonyl (C=O) groups is 1. The van der Waals surface area contributed by atoms with Crippen molar-refractivity contribution < 1.29 is 36.9 Å². The van der Waals surface area contributed by atoms with Gasteiger partial charge in [-0.2, -0.15) is 13.2 Å². The van der Waals surface area contributed by atoms with Gasteiger partial charge >= 0.3 is 12.1 Å². The van der Waals surface area contributed by atoms with Crippen molar-refractivity contribution in [2.24, 2.45) is 0 Å². The minimum atomic E-state index is -4.51. The SMILES string of the molecule is CC(Oc1ccc2ccc(Oc3ccc(C(F)(F)F)cc3Cl)cc2c1)C(=O)OCc1cccc(Oc2ccccc2)c1. The molecule has 5 nitrogen and oxygen atoms in total. The first kappa shape index (κ1) is 28.8. The lowest BCUT2D eigenvalue weighted by Crippen LogP contribution is -2.26. The molecule has 1 atom stereocenters. The molecule has 0 saturated carbocycles. The largest absolute Gasteiger partial charge is 0.479 e. The maximum absolute atomic E-state index is 12.9. The van der Waals surface area contributed by atoms with Gasteiger partial charge in [0.25, 0.3) is 0 Å². The summed E-state index contributed by atoms with van der Waals surface area (Å²) in [6.07, 6.45) is -5.40. The quantitative estimate of drug-likeness (QED) is 0.160. The van der Waals surface area contributed by atoms with Crippen LogP contribution in [-0.2, 0) is 22.3 Å². The highest BCUT2D eigenvalue weighted by molar-refractivity contribution is 6.32. The summed E-state index contributed by atoms with van der Waals surface area (Å²) in [5.41, 5.74) is -0.103. The Morgan fingerprint density at radius 1 is 0.738 bits per heavy atom. The number of fused-ring (bicyclic) bond motifs is 1. The molecule has 0 N–H and O–H groups in total. The summed E-state index contributed by atoms with van der Waals surface area (Å²) in [6.45, 7) is 1.64. The topological polar surface area (TPSA) is 54.0 Å². The van der Waals surface area contributed by atoms with Gasteiger partial charge in [0, 0.05) is 0 Å². The van der Waals surface area contributed by atoms with E-state index in [1.165, 1.54) is 6.07 Å². The van der Waals surface area contributed by atoms with Crippen LogP contribution >= 0.6 is 11.6 Å². The molecule has 0 fully saturated rings. The monoisotopic (exact) mass is 592 g/mol. The van der Waals surface area contributed by atoms with Gasteiger partial charge in [0.15, 0.2) is 6.10 Å². The van der Waals surface area contributed by atoms with Crippen LogP contribution in [0.5, 0.6) is 28.7 Å². The minimum absolute atomic E-state index is 0.0451. The number of halogens is 4. The van der Waals surface area contributed by atoms with Gasteiger partial charge in [0.05, 0.1) is 10.6 Å². The Morgan fingerprint density at radius 2 is 1.43 bits per heavy atom. The molecule has 0 amide bonds. The van der Waals surface area contributed by atoms with Crippen molar-refractivity contribution in [3.05, 3.63) is 125 Å². The predicted molar refractivity (Wildman–Crippen MR) is 153 cm³/mol. The molecule has 0 aliphatic carbocycles. The minimum Gasteiger partial charge on any atom is -0.479 e. The number of benzene rings is 5. The van der Waals surface area contributed by atoms with Crippen LogP contribution in [0.1, 0.15) is 18.1 Å². The predicted octanol–water partition coefficient (Wildman–Crippen LogP) is 9.61. The molecular weight excluding hydrogens is 569 g/mol. The van der Waals surface area contributed by atoms with Crippen molar-refractivity contribution in [3.63, 3.8) is 0 Å². The van der Waals surface area contributed by atoms with Crippen molar-refractivity contribution in [3.8, 4) is 28.7 Å². The first-order valence-corrected chi connectivity index (χ1v) is 13.3. The van der Waals surface area contributed by atoms with E-state index in [2.05, 4.69) is 0 Å². The Balaban J connectivity index is 1.20. The summed E-state index contributed by atoms with van der Waals surface area (Å²) in [5, 5.41) is 1.43. The van der Waals surface area contributed by atoms with E-state index in [4.69, 9.17) is 30.5 Å².